The van der Waals surface area contributed by atoms with Crippen molar-refractivity contribution in [1.82, 2.24) is 10.3 Å². The highest BCUT2D eigenvalue weighted by atomic mass is 79.9. The summed E-state index contributed by atoms with van der Waals surface area (Å²) < 4.78 is 0.920. The lowest BCUT2D eigenvalue weighted by atomic mass is 9.76. The van der Waals surface area contributed by atoms with Crippen molar-refractivity contribution in [1.29, 1.82) is 0 Å². The first-order valence-corrected chi connectivity index (χ1v) is 12.1. The van der Waals surface area contributed by atoms with Crippen LogP contribution in [0.3, 0.4) is 0 Å². The van der Waals surface area contributed by atoms with Crippen molar-refractivity contribution in [3.8, 4) is 0 Å². The fourth-order valence-electron chi connectivity index (χ4n) is 4.20. The van der Waals surface area contributed by atoms with Crippen molar-refractivity contribution < 1.29 is 4.79 Å². The Morgan fingerprint density at radius 2 is 1.80 bits per heavy atom. The molecule has 1 aliphatic carbocycles. The lowest BCUT2D eigenvalue weighted by molar-refractivity contribution is -0.111. The molecule has 1 unspecified atom stereocenters. The van der Waals surface area contributed by atoms with Crippen molar-refractivity contribution >= 4 is 45.0 Å². The lowest BCUT2D eigenvalue weighted by Crippen LogP contribution is -2.32. The molecule has 1 N–H and O–H groups in total. The number of halogens is 2. The van der Waals surface area contributed by atoms with E-state index >= 15 is 0 Å². The van der Waals surface area contributed by atoms with Gasteiger partial charge < -0.3 is 5.32 Å². The lowest BCUT2D eigenvalue weighted by Gasteiger charge is -2.32. The standard InChI is InChI=1S/C21H20BrClN2O.2C2H6/c1-12(26)18-9-14-8-15(22)11-25-21(14)20(13-4-6-24-7-5-13)17-3-2-16(23)10-19(17)18;2*1-2/h2-3,8-11,13,20,24H,4-7H2,1H3;2*1-2H3. The summed E-state index contributed by atoms with van der Waals surface area (Å²) in [5.74, 6) is 0.703. The van der Waals surface area contributed by atoms with Gasteiger partial charge in [0.2, 0.25) is 0 Å². The van der Waals surface area contributed by atoms with Crippen molar-refractivity contribution in [2.45, 2.75) is 53.4 Å². The third kappa shape index (κ3) is 5.40. The number of piperidine rings is 1. The SMILES string of the molecule is CC.CC.CC(=O)C1=Cc2cc(Br)cnc2C(C2CCNCC2)c2ccc(Cl)cc21. The van der Waals surface area contributed by atoms with Crippen molar-refractivity contribution in [3.05, 3.63) is 62.3 Å². The third-order valence-corrected chi connectivity index (χ3v) is 6.05. The van der Waals surface area contributed by atoms with Crippen LogP contribution in [0.25, 0.3) is 11.6 Å². The molecule has 2 heterocycles. The predicted octanol–water partition coefficient (Wildman–Crippen LogP) is 7.12. The third-order valence-electron chi connectivity index (χ3n) is 5.39. The number of ketones is 1. The van der Waals surface area contributed by atoms with Crippen LogP contribution < -0.4 is 5.32 Å². The number of nitrogens with one attached hydrogen (secondary N) is 1. The minimum Gasteiger partial charge on any atom is -0.317 e. The predicted molar refractivity (Wildman–Crippen MR) is 132 cm³/mol. The molecule has 4 rings (SSSR count). The number of nitrogens with zero attached hydrogens (tertiary/aromatic N) is 1. The zero-order chi connectivity index (χ0) is 22.3. The van der Waals surface area contributed by atoms with Gasteiger partial charge in [-0.15, -0.1) is 0 Å². The van der Waals surface area contributed by atoms with E-state index < -0.39 is 0 Å². The number of allylic oxidation sites excluding steroid dienone is 1. The number of fused-ring (bicyclic) bond motifs is 2. The van der Waals surface area contributed by atoms with Crippen LogP contribution in [-0.4, -0.2) is 23.9 Å². The average Bonchev–Trinajstić information content (AvgIpc) is 2.91. The summed E-state index contributed by atoms with van der Waals surface area (Å²) >= 11 is 9.83. The van der Waals surface area contributed by atoms with Gasteiger partial charge in [-0.25, -0.2) is 0 Å². The molecule has 2 aliphatic rings. The van der Waals surface area contributed by atoms with Crippen LogP contribution in [-0.2, 0) is 4.79 Å². The zero-order valence-electron chi connectivity index (χ0n) is 18.6. The van der Waals surface area contributed by atoms with Gasteiger partial charge in [0.05, 0.1) is 5.69 Å². The minimum absolute atomic E-state index is 0.0467. The van der Waals surface area contributed by atoms with Gasteiger partial charge in [-0.05, 0) is 95.7 Å². The number of aromatic nitrogens is 1. The Labute approximate surface area is 194 Å². The second-order valence-electron chi connectivity index (χ2n) is 7.04. The number of hydrogen-bond acceptors (Lipinski definition) is 3. The molecule has 0 bridgehead atoms. The first kappa shape index (κ1) is 24.8. The second-order valence-corrected chi connectivity index (χ2v) is 8.39. The van der Waals surface area contributed by atoms with E-state index in [1.807, 2.05) is 52.1 Å². The van der Waals surface area contributed by atoms with E-state index in [0.29, 0.717) is 16.5 Å². The van der Waals surface area contributed by atoms with Gasteiger partial charge in [-0.2, -0.15) is 0 Å². The molecular formula is C25H32BrClN2O. The molecule has 1 aromatic heterocycles. The van der Waals surface area contributed by atoms with Crippen molar-refractivity contribution in [2.75, 3.05) is 13.1 Å². The normalized spacial score (nSPS) is 17.7. The minimum atomic E-state index is 0.0467. The molecule has 162 valence electrons. The summed E-state index contributed by atoms with van der Waals surface area (Å²) in [6.45, 7) is 11.7. The van der Waals surface area contributed by atoms with Gasteiger partial charge in [-0.1, -0.05) is 45.4 Å². The van der Waals surface area contributed by atoms with Crippen LogP contribution in [0.4, 0.5) is 0 Å². The summed E-state index contributed by atoms with van der Waals surface area (Å²) in [5, 5.41) is 4.10. The Hall–Kier alpha value is -1.49. The molecule has 0 saturated carbocycles. The Bertz CT molecular complexity index is 904. The fraction of sp³-hybridized carbons (Fsp3) is 0.440. The van der Waals surface area contributed by atoms with E-state index in [1.54, 1.807) is 6.92 Å². The smallest absolute Gasteiger partial charge is 0.160 e. The van der Waals surface area contributed by atoms with Crippen LogP contribution in [0.15, 0.2) is 34.9 Å². The molecule has 2 aromatic rings. The van der Waals surface area contributed by atoms with Crippen LogP contribution in [0.5, 0.6) is 0 Å². The Kier molecular flexibility index (Phi) is 9.73. The van der Waals surface area contributed by atoms with Crippen LogP contribution in [0.1, 0.15) is 75.8 Å². The maximum absolute atomic E-state index is 12.4. The molecular weight excluding hydrogens is 460 g/mol. The largest absolute Gasteiger partial charge is 0.317 e. The number of carbonyl (C=O) groups excluding carboxylic acids is 1. The number of rotatable bonds is 2. The fourth-order valence-corrected chi connectivity index (χ4v) is 4.72. The van der Waals surface area contributed by atoms with Crippen molar-refractivity contribution in [3.63, 3.8) is 0 Å². The highest BCUT2D eigenvalue weighted by molar-refractivity contribution is 9.10. The molecule has 5 heteroatoms. The van der Waals surface area contributed by atoms with Gasteiger partial charge in [0.25, 0.3) is 0 Å². The van der Waals surface area contributed by atoms with Gasteiger partial charge in [0.15, 0.2) is 5.78 Å². The Balaban J connectivity index is 0.000000757. The van der Waals surface area contributed by atoms with Gasteiger partial charge >= 0.3 is 0 Å². The Morgan fingerprint density at radius 1 is 1.13 bits per heavy atom. The molecule has 3 nitrogen and oxygen atoms in total. The van der Waals surface area contributed by atoms with Crippen LogP contribution in [0.2, 0.25) is 5.02 Å². The Morgan fingerprint density at radius 3 is 2.43 bits per heavy atom. The molecule has 30 heavy (non-hydrogen) atoms. The summed E-state index contributed by atoms with van der Waals surface area (Å²) in [6.07, 6.45) is 6.03. The molecule has 1 saturated heterocycles. The summed E-state index contributed by atoms with van der Waals surface area (Å²) in [7, 11) is 0. The number of carbonyl (C=O) groups is 1. The van der Waals surface area contributed by atoms with E-state index in [-0.39, 0.29) is 11.7 Å². The molecule has 1 fully saturated rings. The molecule has 1 aromatic carbocycles. The highest BCUT2D eigenvalue weighted by Gasteiger charge is 2.33. The number of pyridine rings is 1. The quantitative estimate of drug-likeness (QED) is 0.486. The first-order valence-electron chi connectivity index (χ1n) is 10.9. The van der Waals surface area contributed by atoms with E-state index in [2.05, 4.69) is 33.4 Å². The van der Waals surface area contributed by atoms with Gasteiger partial charge in [0.1, 0.15) is 0 Å². The van der Waals surface area contributed by atoms with E-state index in [9.17, 15) is 4.79 Å². The number of Topliss-reactive ketones (excluding diaryl/α,β-unsaturated/α-hetero) is 1. The van der Waals surface area contributed by atoms with Gasteiger partial charge in [0, 0.05) is 27.2 Å². The second kappa shape index (κ2) is 11.8. The molecule has 0 radical (unpaired) electrons. The summed E-state index contributed by atoms with van der Waals surface area (Å²) in [5.41, 5.74) is 4.89. The van der Waals surface area contributed by atoms with Gasteiger partial charge in [-0.3, -0.25) is 9.78 Å². The maximum atomic E-state index is 12.4. The summed E-state index contributed by atoms with van der Waals surface area (Å²) in [6, 6.07) is 8.00. The number of hydrogen-bond donors (Lipinski definition) is 1. The topological polar surface area (TPSA) is 42.0 Å². The molecule has 0 spiro atoms. The van der Waals surface area contributed by atoms with Crippen LogP contribution in [0, 0.1) is 5.92 Å². The highest BCUT2D eigenvalue weighted by Crippen LogP contribution is 2.44. The monoisotopic (exact) mass is 490 g/mol. The van der Waals surface area contributed by atoms with Crippen molar-refractivity contribution in [2.24, 2.45) is 5.92 Å². The number of benzene rings is 1. The van der Waals surface area contributed by atoms with E-state index in [0.717, 1.165) is 52.8 Å². The average molecular weight is 492 g/mol. The van der Waals surface area contributed by atoms with E-state index in [1.165, 1.54) is 0 Å². The molecule has 1 aliphatic heterocycles. The van der Waals surface area contributed by atoms with E-state index in [4.69, 9.17) is 16.6 Å². The molecule has 0 amide bonds. The van der Waals surface area contributed by atoms with Crippen LogP contribution >= 0.6 is 27.5 Å². The molecule has 1 atom stereocenters. The first-order chi connectivity index (χ1) is 14.5. The maximum Gasteiger partial charge on any atom is 0.160 e. The zero-order valence-corrected chi connectivity index (χ0v) is 20.9. The summed E-state index contributed by atoms with van der Waals surface area (Å²) in [4.78, 5) is 17.2.